The van der Waals surface area contributed by atoms with E-state index in [0.29, 0.717) is 17.5 Å². The van der Waals surface area contributed by atoms with Gasteiger partial charge in [-0.1, -0.05) is 121 Å². The van der Waals surface area contributed by atoms with Crippen molar-refractivity contribution in [2.24, 2.45) is 5.41 Å². The first kappa shape index (κ1) is 31.5. The molecule has 51 heavy (non-hydrogen) atoms. The number of nitrogens with zero attached hydrogens (tertiary/aromatic N) is 4. The van der Waals surface area contributed by atoms with Gasteiger partial charge in [-0.05, 0) is 93.3 Å². The van der Waals surface area contributed by atoms with Crippen molar-refractivity contribution in [2.45, 2.75) is 13.3 Å². The van der Waals surface area contributed by atoms with Gasteiger partial charge < -0.3 is 4.57 Å². The van der Waals surface area contributed by atoms with Gasteiger partial charge >= 0.3 is 0 Å². The van der Waals surface area contributed by atoms with E-state index in [1.807, 2.05) is 61.5 Å². The van der Waals surface area contributed by atoms with Gasteiger partial charge in [0, 0.05) is 16.8 Å². The molecule has 0 N–H and O–H groups in total. The van der Waals surface area contributed by atoms with Crippen molar-refractivity contribution in [1.82, 2.24) is 4.57 Å². The van der Waals surface area contributed by atoms with Gasteiger partial charge in [0.15, 0.2) is 8.07 Å². The highest BCUT2D eigenvalue weighted by Crippen LogP contribution is 2.40. The maximum atomic E-state index is 10.5. The number of hydrogen-bond acceptors (Lipinski definition) is 3. The summed E-state index contributed by atoms with van der Waals surface area (Å²) in [6.45, 7) is 1.97. The van der Waals surface area contributed by atoms with Gasteiger partial charge in [0.1, 0.15) is 0 Å². The zero-order valence-electron chi connectivity index (χ0n) is 28.1. The Balaban J connectivity index is 1.40. The Morgan fingerprint density at radius 3 is 1.69 bits per heavy atom. The molecule has 7 aromatic rings. The van der Waals surface area contributed by atoms with Crippen LogP contribution < -0.4 is 20.7 Å². The highest BCUT2D eigenvalue weighted by Gasteiger charge is 2.41. The van der Waals surface area contributed by atoms with Crippen LogP contribution in [0.2, 0.25) is 0 Å². The summed E-state index contributed by atoms with van der Waals surface area (Å²) in [5, 5.41) is 36.7. The minimum atomic E-state index is -2.93. The van der Waals surface area contributed by atoms with E-state index >= 15 is 0 Å². The van der Waals surface area contributed by atoms with Gasteiger partial charge in [-0.25, -0.2) is 0 Å². The molecule has 1 atom stereocenters. The fourth-order valence-corrected chi connectivity index (χ4v) is 12.7. The Morgan fingerprint density at radius 2 is 1.12 bits per heavy atom. The summed E-state index contributed by atoms with van der Waals surface area (Å²) in [5.41, 5.74) is 6.24. The maximum Gasteiger partial charge on any atom is 0.179 e. The summed E-state index contributed by atoms with van der Waals surface area (Å²) in [6.07, 6.45) is 4.64. The van der Waals surface area contributed by atoms with Gasteiger partial charge in [0.25, 0.3) is 0 Å². The van der Waals surface area contributed by atoms with Crippen molar-refractivity contribution < 1.29 is 0 Å². The summed E-state index contributed by atoms with van der Waals surface area (Å²) in [7, 11) is -2.93. The van der Waals surface area contributed by atoms with E-state index in [1.54, 1.807) is 0 Å². The van der Waals surface area contributed by atoms with E-state index in [1.165, 1.54) is 15.6 Å². The highest BCUT2D eigenvalue weighted by atomic mass is 28.3. The van der Waals surface area contributed by atoms with Crippen LogP contribution in [-0.2, 0) is 6.42 Å². The third-order valence-electron chi connectivity index (χ3n) is 10.2. The van der Waals surface area contributed by atoms with E-state index in [0.717, 1.165) is 44.2 Å². The van der Waals surface area contributed by atoms with E-state index in [2.05, 4.69) is 132 Å². The van der Waals surface area contributed by atoms with Crippen LogP contribution in [0, 0.1) is 39.4 Å². The summed E-state index contributed by atoms with van der Waals surface area (Å²) in [5.74, 6) is 0. The van der Waals surface area contributed by atoms with Gasteiger partial charge in [0.2, 0.25) is 0 Å². The predicted octanol–water partition coefficient (Wildman–Crippen LogP) is 7.52. The Kier molecular flexibility index (Phi) is 7.81. The lowest BCUT2D eigenvalue weighted by Crippen LogP contribution is -2.74. The second-order valence-electron chi connectivity index (χ2n) is 13.4. The minimum Gasteiger partial charge on any atom is -0.310 e. The van der Waals surface area contributed by atoms with Gasteiger partial charge in [-0.15, -0.1) is 0 Å². The van der Waals surface area contributed by atoms with Crippen molar-refractivity contribution in [1.29, 1.82) is 15.8 Å². The average Bonchev–Trinajstić information content (AvgIpc) is 3.52. The molecule has 0 fully saturated rings. The van der Waals surface area contributed by atoms with Crippen LogP contribution in [0.15, 0.2) is 158 Å². The van der Waals surface area contributed by atoms with Crippen LogP contribution in [0.4, 0.5) is 0 Å². The van der Waals surface area contributed by atoms with E-state index in [4.69, 9.17) is 0 Å². The number of hydrogen-bond donors (Lipinski definition) is 0. The lowest BCUT2D eigenvalue weighted by Gasteiger charge is -2.35. The normalized spacial score (nSPS) is 15.0. The van der Waals surface area contributed by atoms with Crippen LogP contribution in [0.25, 0.3) is 33.8 Å². The number of allylic oxidation sites excluding steroid dienone is 1. The van der Waals surface area contributed by atoms with Crippen molar-refractivity contribution in [3.8, 4) is 35.0 Å². The molecule has 5 heteroatoms. The highest BCUT2D eigenvalue weighted by molar-refractivity contribution is 7.19. The van der Waals surface area contributed by atoms with E-state index in [-0.39, 0.29) is 0 Å². The first-order valence-corrected chi connectivity index (χ1v) is 19.0. The molecule has 240 valence electrons. The Labute approximate surface area is 299 Å². The second kappa shape index (κ2) is 12.6. The smallest absolute Gasteiger partial charge is 0.179 e. The van der Waals surface area contributed by atoms with Crippen molar-refractivity contribution in [3.63, 3.8) is 0 Å². The van der Waals surface area contributed by atoms with Crippen molar-refractivity contribution >= 4 is 45.8 Å². The molecule has 1 aliphatic rings. The van der Waals surface area contributed by atoms with Gasteiger partial charge in [-0.2, -0.15) is 15.8 Å². The third-order valence-corrected chi connectivity index (χ3v) is 14.9. The number of para-hydroxylation sites is 1. The molecule has 1 unspecified atom stereocenters. The molecule has 1 aromatic heterocycles. The number of aromatic nitrogens is 1. The number of rotatable bonds is 6. The lowest BCUT2D eigenvalue weighted by atomic mass is 9.80. The molecule has 0 spiro atoms. The molecule has 1 heterocycles. The van der Waals surface area contributed by atoms with Gasteiger partial charge in [0.05, 0.1) is 40.3 Å². The van der Waals surface area contributed by atoms with Crippen LogP contribution in [0.3, 0.4) is 0 Å². The Hall–Kier alpha value is -6.71. The fourth-order valence-electron chi connectivity index (χ4n) is 7.84. The zero-order chi connectivity index (χ0) is 35.0. The molecule has 0 amide bonds. The van der Waals surface area contributed by atoms with E-state index in [9.17, 15) is 15.8 Å². The summed E-state index contributed by atoms with van der Waals surface area (Å²) >= 11 is 0. The summed E-state index contributed by atoms with van der Waals surface area (Å²) in [6, 6.07) is 59.8. The number of nitriles is 3. The summed E-state index contributed by atoms with van der Waals surface area (Å²) in [4.78, 5) is 0. The molecular weight excluding hydrogens is 637 g/mol. The molecular formula is C46H32N4Si. The SMILES string of the molecule is CC1(C#N)C=Cc2c(c3ccccc3n2-c2cc(C#N)cc(-c3cc(C#N)cc([Si](c4ccccc4)(c4ccccc4)c4ccccc4)c3)c2)C1. The zero-order valence-corrected chi connectivity index (χ0v) is 29.1. The second-order valence-corrected chi connectivity index (χ2v) is 17.2. The van der Waals surface area contributed by atoms with E-state index < -0.39 is 13.5 Å². The Morgan fingerprint density at radius 1 is 0.588 bits per heavy atom. The minimum absolute atomic E-state index is 0.525. The predicted molar refractivity (Wildman–Crippen MR) is 208 cm³/mol. The molecule has 0 saturated carbocycles. The van der Waals surface area contributed by atoms with Crippen LogP contribution in [0.1, 0.15) is 29.3 Å². The number of benzene rings is 6. The largest absolute Gasteiger partial charge is 0.310 e. The Bertz CT molecular complexity index is 2500. The molecule has 1 aliphatic carbocycles. The first-order valence-electron chi connectivity index (χ1n) is 17.0. The maximum absolute atomic E-state index is 10.5. The lowest BCUT2D eigenvalue weighted by molar-refractivity contribution is 0.562. The molecule has 0 radical (unpaired) electrons. The third kappa shape index (κ3) is 5.27. The standard InChI is InChI=1S/C46H32N4Si/c1-46(32-49)22-21-45-43(29-46)42-19-11-12-20-44(42)50(45)37-25-33(30-47)23-35(27-37)36-24-34(31-48)26-41(28-36)51(38-13-5-2-6-14-38,39-15-7-3-8-16-39)40-17-9-4-10-18-40/h2-28H,29H2,1H3. The average molecular weight is 669 g/mol. The van der Waals surface area contributed by atoms with Crippen LogP contribution in [-0.4, -0.2) is 12.6 Å². The monoisotopic (exact) mass is 668 g/mol. The molecule has 0 bridgehead atoms. The molecule has 6 aromatic carbocycles. The van der Waals surface area contributed by atoms with Crippen molar-refractivity contribution in [3.05, 3.63) is 180 Å². The quantitative estimate of drug-likeness (QED) is 0.136. The number of fused-ring (bicyclic) bond motifs is 3. The van der Waals surface area contributed by atoms with Crippen LogP contribution >= 0.6 is 0 Å². The fraction of sp³-hybridized carbons (Fsp3) is 0.0652. The molecule has 4 nitrogen and oxygen atoms in total. The van der Waals surface area contributed by atoms with Crippen LogP contribution in [0.5, 0.6) is 0 Å². The molecule has 8 rings (SSSR count). The molecule has 0 aliphatic heterocycles. The van der Waals surface area contributed by atoms with Gasteiger partial charge in [-0.3, -0.25) is 0 Å². The van der Waals surface area contributed by atoms with Crippen molar-refractivity contribution in [2.75, 3.05) is 0 Å². The first-order chi connectivity index (χ1) is 25.0. The molecule has 0 saturated heterocycles. The topological polar surface area (TPSA) is 76.3 Å². The summed E-state index contributed by atoms with van der Waals surface area (Å²) < 4.78 is 2.20.